The summed E-state index contributed by atoms with van der Waals surface area (Å²) in [6.45, 7) is 7.35. The number of ether oxygens (including phenoxy) is 1. The number of hydrogen-bond donors (Lipinski definition) is 1. The zero-order chi connectivity index (χ0) is 20.3. The van der Waals surface area contributed by atoms with Crippen molar-refractivity contribution in [1.82, 2.24) is 14.9 Å². The largest absolute Gasteiger partial charge is 0.444 e. The van der Waals surface area contributed by atoms with Gasteiger partial charge in [-0.15, -0.1) is 0 Å². The molecule has 1 amide bonds. The van der Waals surface area contributed by atoms with Crippen LogP contribution in [0.25, 0.3) is 16.6 Å². The summed E-state index contributed by atoms with van der Waals surface area (Å²) in [4.78, 5) is 30.3. The number of aromatic nitrogens is 2. The van der Waals surface area contributed by atoms with Crippen LogP contribution in [0.3, 0.4) is 0 Å². The molecule has 6 heteroatoms. The number of amides is 1. The fraction of sp³-hybridized carbons (Fsp3) is 0.318. The summed E-state index contributed by atoms with van der Waals surface area (Å²) in [6, 6.07) is 16.1. The quantitative estimate of drug-likeness (QED) is 0.731. The van der Waals surface area contributed by atoms with E-state index < -0.39 is 17.7 Å². The second-order valence-corrected chi connectivity index (χ2v) is 7.57. The van der Waals surface area contributed by atoms with E-state index in [0.717, 1.165) is 0 Å². The molecule has 28 heavy (non-hydrogen) atoms. The Labute approximate surface area is 164 Å². The third-order valence-corrected chi connectivity index (χ3v) is 4.23. The molecule has 0 saturated heterocycles. The lowest BCUT2D eigenvalue weighted by Gasteiger charge is -2.24. The maximum absolute atomic E-state index is 13.3. The highest BCUT2D eigenvalue weighted by molar-refractivity contribution is 5.78. The van der Waals surface area contributed by atoms with Crippen molar-refractivity contribution in [3.63, 3.8) is 0 Å². The molecule has 0 fully saturated rings. The summed E-state index contributed by atoms with van der Waals surface area (Å²) in [6.07, 6.45) is 0.0120. The normalized spacial score (nSPS) is 12.6. The molecule has 1 heterocycles. The highest BCUT2D eigenvalue weighted by Crippen LogP contribution is 2.21. The number of nitrogens with zero attached hydrogens (tertiary/aromatic N) is 2. The summed E-state index contributed by atoms with van der Waals surface area (Å²) < 4.78 is 6.95. The number of para-hydroxylation sites is 2. The van der Waals surface area contributed by atoms with E-state index >= 15 is 0 Å². The molecule has 0 aliphatic heterocycles. The lowest BCUT2D eigenvalue weighted by molar-refractivity contribution is 0.0499. The van der Waals surface area contributed by atoms with Crippen molar-refractivity contribution in [2.45, 2.75) is 45.8 Å². The second kappa shape index (κ2) is 7.84. The van der Waals surface area contributed by atoms with Gasteiger partial charge in [0, 0.05) is 0 Å². The molecular weight excluding hydrogens is 354 g/mol. The van der Waals surface area contributed by atoms with Gasteiger partial charge in [0.05, 0.1) is 22.6 Å². The molecule has 1 atom stereocenters. The average Bonchev–Trinajstić information content (AvgIpc) is 2.65. The predicted molar refractivity (Wildman–Crippen MR) is 110 cm³/mol. The predicted octanol–water partition coefficient (Wildman–Crippen LogP) is 4.36. The van der Waals surface area contributed by atoms with E-state index in [1.54, 1.807) is 16.7 Å². The van der Waals surface area contributed by atoms with Crippen molar-refractivity contribution in [3.8, 4) is 5.69 Å². The van der Waals surface area contributed by atoms with Gasteiger partial charge >= 0.3 is 6.09 Å². The highest BCUT2D eigenvalue weighted by atomic mass is 16.6. The molecule has 6 nitrogen and oxygen atoms in total. The minimum atomic E-state index is -0.613. The first kappa shape index (κ1) is 19.6. The Hall–Kier alpha value is -3.15. The van der Waals surface area contributed by atoms with Crippen LogP contribution >= 0.6 is 0 Å². The molecule has 0 aliphatic carbocycles. The Bertz CT molecular complexity index is 1040. The second-order valence-electron chi connectivity index (χ2n) is 7.57. The van der Waals surface area contributed by atoms with Crippen molar-refractivity contribution < 1.29 is 9.53 Å². The molecule has 1 N–H and O–H groups in total. The van der Waals surface area contributed by atoms with Gasteiger partial charge < -0.3 is 10.1 Å². The van der Waals surface area contributed by atoms with Gasteiger partial charge in [-0.2, -0.15) is 0 Å². The minimum Gasteiger partial charge on any atom is -0.444 e. The third kappa shape index (κ3) is 4.22. The number of alkyl carbamates (subject to hydrolysis) is 1. The lowest BCUT2D eigenvalue weighted by atomic mass is 10.1. The molecular formula is C22H25N3O3. The van der Waals surface area contributed by atoms with Crippen molar-refractivity contribution >= 4 is 17.0 Å². The minimum absolute atomic E-state index is 0.170. The highest BCUT2D eigenvalue weighted by Gasteiger charge is 2.24. The van der Waals surface area contributed by atoms with Crippen LogP contribution in [0, 0.1) is 0 Å². The maximum Gasteiger partial charge on any atom is 0.408 e. The number of fused-ring (bicyclic) bond motifs is 1. The number of benzene rings is 2. The van der Waals surface area contributed by atoms with Gasteiger partial charge in [0.1, 0.15) is 11.4 Å². The Balaban J connectivity index is 2.15. The van der Waals surface area contributed by atoms with Crippen LogP contribution in [-0.4, -0.2) is 21.2 Å². The number of hydrogen-bond acceptors (Lipinski definition) is 4. The fourth-order valence-corrected chi connectivity index (χ4v) is 3.01. The van der Waals surface area contributed by atoms with E-state index in [4.69, 9.17) is 9.72 Å². The van der Waals surface area contributed by atoms with E-state index in [1.807, 2.05) is 70.2 Å². The molecule has 3 rings (SSSR count). The monoisotopic (exact) mass is 379 g/mol. The summed E-state index contributed by atoms with van der Waals surface area (Å²) in [5, 5.41) is 3.39. The topological polar surface area (TPSA) is 73.2 Å². The van der Waals surface area contributed by atoms with Crippen LogP contribution in [0.1, 0.15) is 46.0 Å². The van der Waals surface area contributed by atoms with Gasteiger partial charge in [0.15, 0.2) is 0 Å². The summed E-state index contributed by atoms with van der Waals surface area (Å²) in [5.74, 6) is 0.475. The molecule has 0 aliphatic rings. The number of carbonyl (C=O) groups is 1. The molecule has 0 bridgehead atoms. The standard InChI is InChI=1S/C22H25N3O3/c1-5-17(24-21(27)28-22(2,3)4)19-23-18-14-10-9-13-16(18)20(26)25(19)15-11-7-6-8-12-15/h6-14,17H,5H2,1-4H3,(H,24,27)/t17-/m0/s1. The Morgan fingerprint density at radius 3 is 2.39 bits per heavy atom. The smallest absolute Gasteiger partial charge is 0.408 e. The van der Waals surface area contributed by atoms with Crippen molar-refractivity contribution in [2.24, 2.45) is 0 Å². The third-order valence-electron chi connectivity index (χ3n) is 4.23. The van der Waals surface area contributed by atoms with Gasteiger partial charge in [-0.05, 0) is 51.5 Å². The van der Waals surface area contributed by atoms with Crippen molar-refractivity contribution in [1.29, 1.82) is 0 Å². The van der Waals surface area contributed by atoms with E-state index in [9.17, 15) is 9.59 Å². The molecule has 2 aromatic carbocycles. The number of carbonyl (C=O) groups excluding carboxylic acids is 1. The average molecular weight is 379 g/mol. The zero-order valence-corrected chi connectivity index (χ0v) is 16.6. The molecule has 0 unspecified atom stereocenters. The first-order valence-corrected chi connectivity index (χ1v) is 9.37. The zero-order valence-electron chi connectivity index (χ0n) is 16.6. The van der Waals surface area contributed by atoms with Crippen LogP contribution in [-0.2, 0) is 4.74 Å². The van der Waals surface area contributed by atoms with Gasteiger partial charge in [0.2, 0.25) is 0 Å². The van der Waals surface area contributed by atoms with Crippen molar-refractivity contribution in [3.05, 3.63) is 70.8 Å². The summed E-state index contributed by atoms with van der Waals surface area (Å²) in [5.41, 5.74) is 0.513. The first-order valence-electron chi connectivity index (χ1n) is 9.37. The molecule has 0 radical (unpaired) electrons. The van der Waals surface area contributed by atoms with Crippen LogP contribution in [0.2, 0.25) is 0 Å². The fourth-order valence-electron chi connectivity index (χ4n) is 3.01. The molecule has 1 aromatic heterocycles. The van der Waals surface area contributed by atoms with E-state index in [1.165, 1.54) is 0 Å². The number of nitrogens with one attached hydrogen (secondary N) is 1. The summed E-state index contributed by atoms with van der Waals surface area (Å²) >= 11 is 0. The van der Waals surface area contributed by atoms with Gasteiger partial charge in [-0.1, -0.05) is 37.3 Å². The van der Waals surface area contributed by atoms with E-state index in [2.05, 4.69) is 5.32 Å². The Morgan fingerprint density at radius 1 is 1.11 bits per heavy atom. The van der Waals surface area contributed by atoms with E-state index in [-0.39, 0.29) is 5.56 Å². The molecule has 146 valence electrons. The van der Waals surface area contributed by atoms with Gasteiger partial charge in [-0.25, -0.2) is 9.78 Å². The molecule has 0 saturated carbocycles. The van der Waals surface area contributed by atoms with Crippen LogP contribution in [0.5, 0.6) is 0 Å². The van der Waals surface area contributed by atoms with Gasteiger partial charge in [0.25, 0.3) is 5.56 Å². The van der Waals surface area contributed by atoms with Gasteiger partial charge in [-0.3, -0.25) is 9.36 Å². The summed E-state index contributed by atoms with van der Waals surface area (Å²) in [7, 11) is 0. The van der Waals surface area contributed by atoms with Crippen LogP contribution < -0.4 is 10.9 Å². The maximum atomic E-state index is 13.3. The molecule has 0 spiro atoms. The Morgan fingerprint density at radius 2 is 1.75 bits per heavy atom. The first-order chi connectivity index (χ1) is 13.3. The van der Waals surface area contributed by atoms with Crippen molar-refractivity contribution in [2.75, 3.05) is 0 Å². The van der Waals surface area contributed by atoms with Crippen LogP contribution in [0.4, 0.5) is 4.79 Å². The molecule has 3 aromatic rings. The number of rotatable bonds is 4. The van der Waals surface area contributed by atoms with E-state index in [0.29, 0.717) is 28.8 Å². The SMILES string of the molecule is CC[C@H](NC(=O)OC(C)(C)C)c1nc2ccccc2c(=O)n1-c1ccccc1. The Kier molecular flexibility index (Phi) is 5.49. The van der Waals surface area contributed by atoms with Crippen LogP contribution in [0.15, 0.2) is 59.4 Å². The lowest BCUT2D eigenvalue weighted by Crippen LogP contribution is -2.37.